The molecule has 82 valence electrons. The second kappa shape index (κ2) is 3.93. The third-order valence-corrected chi connectivity index (χ3v) is 2.64. The van der Waals surface area contributed by atoms with E-state index in [9.17, 15) is 0 Å². The van der Waals surface area contributed by atoms with Gasteiger partial charge in [0.15, 0.2) is 0 Å². The predicted octanol–water partition coefficient (Wildman–Crippen LogP) is 2.65. The minimum absolute atomic E-state index is 0.555. The molecule has 0 unspecified atom stereocenters. The van der Waals surface area contributed by atoms with Crippen LogP contribution in [-0.2, 0) is 0 Å². The molecule has 2 aromatic rings. The molecule has 0 spiro atoms. The fourth-order valence-electron chi connectivity index (χ4n) is 1.93. The zero-order valence-corrected chi connectivity index (χ0v) is 9.78. The molecule has 3 nitrogen and oxygen atoms in total. The highest BCUT2D eigenvalue weighted by Crippen LogP contribution is 2.29. The van der Waals surface area contributed by atoms with E-state index < -0.39 is 0 Å². The molecule has 1 aromatic carbocycles. The van der Waals surface area contributed by atoms with Crippen LogP contribution in [0.1, 0.15) is 17.1 Å². The summed E-state index contributed by atoms with van der Waals surface area (Å²) in [4.78, 5) is 8.58. The largest absolute Gasteiger partial charge is 0.383 e. The molecule has 0 amide bonds. The second-order valence-electron chi connectivity index (χ2n) is 3.93. The summed E-state index contributed by atoms with van der Waals surface area (Å²) < 4.78 is 0. The van der Waals surface area contributed by atoms with Gasteiger partial charge in [0.1, 0.15) is 11.6 Å². The molecule has 0 aliphatic carbocycles. The van der Waals surface area contributed by atoms with Gasteiger partial charge in [-0.2, -0.15) is 0 Å². The number of nitrogens with two attached hydrogens (primary N) is 1. The van der Waals surface area contributed by atoms with Crippen molar-refractivity contribution >= 4 is 5.82 Å². The Kier molecular flexibility index (Phi) is 2.60. The number of nitrogens with zero attached hydrogens (tertiary/aromatic N) is 2. The monoisotopic (exact) mass is 213 g/mol. The van der Waals surface area contributed by atoms with Crippen molar-refractivity contribution in [2.75, 3.05) is 5.73 Å². The van der Waals surface area contributed by atoms with E-state index in [1.165, 1.54) is 5.56 Å². The normalized spacial score (nSPS) is 10.4. The maximum Gasteiger partial charge on any atom is 0.135 e. The van der Waals surface area contributed by atoms with Crippen LogP contribution in [0.15, 0.2) is 24.3 Å². The Morgan fingerprint density at radius 3 is 2.31 bits per heavy atom. The summed E-state index contributed by atoms with van der Waals surface area (Å²) in [6, 6.07) is 8.13. The number of aryl methyl sites for hydroxylation is 3. The third-order valence-electron chi connectivity index (χ3n) is 2.64. The fraction of sp³-hybridized carbons (Fsp3) is 0.231. The first-order valence-corrected chi connectivity index (χ1v) is 5.26. The standard InChI is InChI=1S/C13H15N3/c1-8-6-4-5-7-11(8)12-9(2)15-10(3)16-13(12)14/h4-7H,1-3H3,(H2,14,15,16). The van der Waals surface area contributed by atoms with Crippen LogP contribution in [0, 0.1) is 20.8 Å². The maximum atomic E-state index is 5.97. The Balaban J connectivity index is 2.70. The number of hydrogen-bond acceptors (Lipinski definition) is 3. The molecule has 0 fully saturated rings. The van der Waals surface area contributed by atoms with Gasteiger partial charge in [0.05, 0.1) is 5.69 Å². The number of anilines is 1. The first-order valence-electron chi connectivity index (χ1n) is 5.26. The molecule has 0 bridgehead atoms. The summed E-state index contributed by atoms with van der Waals surface area (Å²) in [5, 5.41) is 0. The van der Waals surface area contributed by atoms with E-state index in [1.54, 1.807) is 0 Å². The van der Waals surface area contributed by atoms with E-state index >= 15 is 0 Å². The highest BCUT2D eigenvalue weighted by molar-refractivity contribution is 5.77. The first kappa shape index (κ1) is 10.6. The van der Waals surface area contributed by atoms with Crippen LogP contribution >= 0.6 is 0 Å². The highest BCUT2D eigenvalue weighted by Gasteiger charge is 2.11. The summed E-state index contributed by atoms with van der Waals surface area (Å²) in [5.41, 5.74) is 10.1. The van der Waals surface area contributed by atoms with Crippen molar-refractivity contribution in [3.63, 3.8) is 0 Å². The van der Waals surface area contributed by atoms with E-state index in [1.807, 2.05) is 32.0 Å². The lowest BCUT2D eigenvalue weighted by atomic mass is 10.00. The second-order valence-corrected chi connectivity index (χ2v) is 3.93. The average molecular weight is 213 g/mol. The Hall–Kier alpha value is -1.90. The lowest BCUT2D eigenvalue weighted by Gasteiger charge is -2.11. The van der Waals surface area contributed by atoms with Gasteiger partial charge in [-0.05, 0) is 31.9 Å². The Morgan fingerprint density at radius 1 is 1.00 bits per heavy atom. The minimum atomic E-state index is 0.555. The fourth-order valence-corrected chi connectivity index (χ4v) is 1.93. The number of rotatable bonds is 1. The van der Waals surface area contributed by atoms with Gasteiger partial charge in [0.2, 0.25) is 0 Å². The Labute approximate surface area is 95.4 Å². The molecule has 2 N–H and O–H groups in total. The van der Waals surface area contributed by atoms with Crippen LogP contribution < -0.4 is 5.73 Å². The third kappa shape index (κ3) is 1.76. The van der Waals surface area contributed by atoms with Gasteiger partial charge >= 0.3 is 0 Å². The minimum Gasteiger partial charge on any atom is -0.383 e. The van der Waals surface area contributed by atoms with Crippen LogP contribution in [-0.4, -0.2) is 9.97 Å². The maximum absolute atomic E-state index is 5.97. The lowest BCUT2D eigenvalue weighted by Crippen LogP contribution is -2.02. The van der Waals surface area contributed by atoms with E-state index in [-0.39, 0.29) is 0 Å². The predicted molar refractivity (Wildman–Crippen MR) is 66.1 cm³/mol. The van der Waals surface area contributed by atoms with Crippen LogP contribution in [0.25, 0.3) is 11.1 Å². The van der Waals surface area contributed by atoms with Gasteiger partial charge in [0, 0.05) is 5.56 Å². The van der Waals surface area contributed by atoms with Gasteiger partial charge in [-0.15, -0.1) is 0 Å². The molecule has 16 heavy (non-hydrogen) atoms. The number of benzene rings is 1. The number of aromatic nitrogens is 2. The van der Waals surface area contributed by atoms with Gasteiger partial charge in [-0.3, -0.25) is 0 Å². The molecule has 0 saturated carbocycles. The number of nitrogen functional groups attached to an aromatic ring is 1. The average Bonchev–Trinajstić information content (AvgIpc) is 2.19. The van der Waals surface area contributed by atoms with Gasteiger partial charge in [-0.25, -0.2) is 9.97 Å². The van der Waals surface area contributed by atoms with Gasteiger partial charge in [-0.1, -0.05) is 24.3 Å². The van der Waals surface area contributed by atoms with Gasteiger partial charge < -0.3 is 5.73 Å². The van der Waals surface area contributed by atoms with E-state index in [0.29, 0.717) is 11.6 Å². The van der Waals surface area contributed by atoms with Crippen LogP contribution in [0.4, 0.5) is 5.82 Å². The molecule has 0 aliphatic rings. The van der Waals surface area contributed by atoms with Crippen molar-refractivity contribution in [2.24, 2.45) is 0 Å². The summed E-state index contributed by atoms with van der Waals surface area (Å²) in [5.74, 6) is 1.27. The van der Waals surface area contributed by atoms with Crippen LogP contribution in [0.2, 0.25) is 0 Å². The molecular weight excluding hydrogens is 198 g/mol. The smallest absolute Gasteiger partial charge is 0.135 e. The van der Waals surface area contributed by atoms with Crippen molar-refractivity contribution in [2.45, 2.75) is 20.8 Å². The Bertz CT molecular complexity index is 509. The molecule has 3 heteroatoms. The molecule has 0 aliphatic heterocycles. The Morgan fingerprint density at radius 2 is 1.69 bits per heavy atom. The van der Waals surface area contributed by atoms with Crippen molar-refractivity contribution in [1.29, 1.82) is 0 Å². The first-order chi connectivity index (χ1) is 7.59. The quantitative estimate of drug-likeness (QED) is 0.792. The summed E-state index contributed by atoms with van der Waals surface area (Å²) >= 11 is 0. The zero-order chi connectivity index (χ0) is 11.7. The topological polar surface area (TPSA) is 51.8 Å². The molecule has 1 heterocycles. The zero-order valence-electron chi connectivity index (χ0n) is 9.78. The van der Waals surface area contributed by atoms with E-state index in [0.717, 1.165) is 16.8 Å². The van der Waals surface area contributed by atoms with Crippen molar-refractivity contribution in [1.82, 2.24) is 9.97 Å². The molecule has 0 atom stereocenters. The lowest BCUT2D eigenvalue weighted by molar-refractivity contribution is 1.02. The van der Waals surface area contributed by atoms with Crippen molar-refractivity contribution < 1.29 is 0 Å². The van der Waals surface area contributed by atoms with E-state index in [4.69, 9.17) is 5.73 Å². The number of hydrogen-bond donors (Lipinski definition) is 1. The molecule has 1 aromatic heterocycles. The van der Waals surface area contributed by atoms with Crippen LogP contribution in [0.5, 0.6) is 0 Å². The van der Waals surface area contributed by atoms with Gasteiger partial charge in [0.25, 0.3) is 0 Å². The summed E-state index contributed by atoms with van der Waals surface area (Å²) in [7, 11) is 0. The molecule has 0 saturated heterocycles. The SMILES string of the molecule is Cc1nc(C)c(-c2ccccc2C)c(N)n1. The van der Waals surface area contributed by atoms with Crippen LogP contribution in [0.3, 0.4) is 0 Å². The van der Waals surface area contributed by atoms with Crippen molar-refractivity contribution in [3.05, 3.63) is 41.3 Å². The molecular formula is C13H15N3. The van der Waals surface area contributed by atoms with Crippen molar-refractivity contribution in [3.8, 4) is 11.1 Å². The summed E-state index contributed by atoms with van der Waals surface area (Å²) in [6.07, 6.45) is 0. The highest BCUT2D eigenvalue weighted by atomic mass is 14.9. The molecule has 2 rings (SSSR count). The molecule has 0 radical (unpaired) electrons. The van der Waals surface area contributed by atoms with E-state index in [2.05, 4.69) is 23.0 Å². The summed E-state index contributed by atoms with van der Waals surface area (Å²) in [6.45, 7) is 5.88.